The summed E-state index contributed by atoms with van der Waals surface area (Å²) in [7, 11) is 0. The van der Waals surface area contributed by atoms with Crippen LogP contribution in [0.4, 0.5) is 0 Å². The first-order chi connectivity index (χ1) is 4.38. The number of nitrogens with two attached hydrogens (primary N) is 2. The lowest BCUT2D eigenvalue weighted by molar-refractivity contribution is 0.803. The Bertz CT molecular complexity index is 159. The number of hydrogen-bond donors (Lipinski definition) is 3. The second-order valence-electron chi connectivity index (χ2n) is 1.74. The van der Waals surface area contributed by atoms with Gasteiger partial charge in [0.05, 0.1) is 0 Å². The zero-order valence-electron chi connectivity index (χ0n) is 4.96. The summed E-state index contributed by atoms with van der Waals surface area (Å²) in [6.07, 6.45) is 0. The van der Waals surface area contributed by atoms with Crippen LogP contribution >= 0.6 is 0 Å². The Labute approximate surface area is 53.6 Å². The molecule has 3 heteroatoms. The molecule has 0 aromatic rings. The maximum absolute atomic E-state index is 4.38. The largest absolute Gasteiger partial charge is 0.258 e. The third-order valence-corrected chi connectivity index (χ3v) is 1.22. The lowest BCUT2D eigenvalue weighted by atomic mass is 9.95. The van der Waals surface area contributed by atoms with Crippen molar-refractivity contribution in [3.63, 3.8) is 0 Å². The molecule has 0 radical (unpaired) electrons. The van der Waals surface area contributed by atoms with Crippen LogP contribution in [0.3, 0.4) is 0 Å². The molecule has 0 amide bonds. The Morgan fingerprint density at radius 3 is 1.11 bits per heavy atom. The first kappa shape index (κ1) is 6.22. The number of hydrazine groups is 2. The van der Waals surface area contributed by atoms with Gasteiger partial charge in [0.1, 0.15) is 0 Å². The van der Waals surface area contributed by atoms with Crippen molar-refractivity contribution in [1.82, 2.24) is 5.53 Å². The van der Waals surface area contributed by atoms with E-state index in [4.69, 9.17) is 0 Å². The van der Waals surface area contributed by atoms with Crippen LogP contribution in [-0.2, 0) is 0 Å². The van der Waals surface area contributed by atoms with Gasteiger partial charge in [-0.15, -0.1) is 0 Å². The van der Waals surface area contributed by atoms with Crippen molar-refractivity contribution in [2.45, 2.75) is 0 Å². The molecule has 2 aliphatic rings. The molecule has 9 heavy (non-hydrogen) atoms. The molecule has 2 rings (SSSR count). The van der Waals surface area contributed by atoms with E-state index in [9.17, 15) is 0 Å². The molecule has 0 aromatic heterocycles. The standard InChI is InChI=1S/C6H4.H5N3/c1-2-6-4-3-5(1)6;1-3-2/h1-4H;3H,1-2H2. The molecule has 0 aromatic carbocycles. The normalized spacial score (nSPS) is 9.56. The summed E-state index contributed by atoms with van der Waals surface area (Å²) in [5.41, 5.74) is 4.60. The van der Waals surface area contributed by atoms with Crippen LogP contribution < -0.4 is 17.2 Å². The van der Waals surface area contributed by atoms with Gasteiger partial charge < -0.3 is 0 Å². The summed E-state index contributed by atoms with van der Waals surface area (Å²) in [5, 5.41) is 0. The molecular formula is C6H9N3. The van der Waals surface area contributed by atoms with E-state index >= 15 is 0 Å². The van der Waals surface area contributed by atoms with Crippen molar-refractivity contribution in [2.75, 3.05) is 0 Å². The molecule has 0 saturated heterocycles. The van der Waals surface area contributed by atoms with Crippen molar-refractivity contribution in [3.05, 3.63) is 24.3 Å². The van der Waals surface area contributed by atoms with E-state index in [1.807, 2.05) is 0 Å². The van der Waals surface area contributed by atoms with Crippen LogP contribution in [0, 0.1) is 0 Å². The predicted molar refractivity (Wildman–Crippen MR) is 36.9 cm³/mol. The van der Waals surface area contributed by atoms with Gasteiger partial charge in [-0.3, -0.25) is 11.7 Å². The molecule has 48 valence electrons. The third-order valence-electron chi connectivity index (χ3n) is 1.22. The van der Waals surface area contributed by atoms with E-state index in [1.165, 1.54) is 11.1 Å². The third kappa shape index (κ3) is 1.08. The molecule has 0 atom stereocenters. The summed E-state index contributed by atoms with van der Waals surface area (Å²) >= 11 is 0. The van der Waals surface area contributed by atoms with Crippen molar-refractivity contribution in [1.29, 1.82) is 0 Å². The van der Waals surface area contributed by atoms with Gasteiger partial charge in [-0.25, -0.2) is 0 Å². The molecule has 0 fully saturated rings. The van der Waals surface area contributed by atoms with Crippen LogP contribution in [0.2, 0.25) is 0 Å². The van der Waals surface area contributed by atoms with Crippen LogP contribution in [0.15, 0.2) is 24.3 Å². The summed E-state index contributed by atoms with van der Waals surface area (Å²) < 4.78 is 0. The summed E-state index contributed by atoms with van der Waals surface area (Å²) in [6, 6.07) is 8.48. The van der Waals surface area contributed by atoms with Crippen molar-refractivity contribution in [3.8, 4) is 11.1 Å². The topological polar surface area (TPSA) is 64.1 Å². The fourth-order valence-corrected chi connectivity index (χ4v) is 0.663. The van der Waals surface area contributed by atoms with Gasteiger partial charge in [-0.1, -0.05) is 24.3 Å². The number of nitrogens with one attached hydrogen (secondary N) is 1. The zero-order valence-corrected chi connectivity index (χ0v) is 4.96. The van der Waals surface area contributed by atoms with E-state index in [1.54, 1.807) is 5.53 Å². The van der Waals surface area contributed by atoms with Crippen molar-refractivity contribution >= 4 is 0 Å². The average Bonchev–Trinajstić information content (AvgIpc) is 1.81. The Morgan fingerprint density at radius 2 is 1.11 bits per heavy atom. The van der Waals surface area contributed by atoms with Crippen LogP contribution in [0.25, 0.3) is 11.1 Å². The Balaban J connectivity index is 0.000000120. The molecule has 3 nitrogen and oxygen atoms in total. The SMILES string of the molecule is NNN.c1cc2ccc1-2. The second kappa shape index (κ2) is 2.59. The number of fused-ring (bicyclic) bond motifs is 1. The fourth-order valence-electron chi connectivity index (χ4n) is 0.663. The number of rotatable bonds is 0. The Hall–Kier alpha value is -0.900. The molecule has 5 N–H and O–H groups in total. The number of hydrogen-bond acceptors (Lipinski definition) is 3. The quantitative estimate of drug-likeness (QED) is 0.341. The average molecular weight is 123 g/mol. The molecule has 0 bridgehead atoms. The molecule has 2 aliphatic carbocycles. The van der Waals surface area contributed by atoms with E-state index in [2.05, 4.69) is 36.0 Å². The first-order valence-corrected chi connectivity index (χ1v) is 2.65. The van der Waals surface area contributed by atoms with Gasteiger partial charge in [-0.2, -0.15) is 5.53 Å². The lowest BCUT2D eigenvalue weighted by Gasteiger charge is -2.10. The summed E-state index contributed by atoms with van der Waals surface area (Å²) in [4.78, 5) is 0. The van der Waals surface area contributed by atoms with E-state index in [-0.39, 0.29) is 0 Å². The molecule has 0 unspecified atom stereocenters. The lowest BCUT2D eigenvalue weighted by Crippen LogP contribution is -2.29. The second-order valence-corrected chi connectivity index (χ2v) is 1.74. The molecule has 0 spiro atoms. The molecule has 0 aliphatic heterocycles. The Morgan fingerprint density at radius 1 is 0.889 bits per heavy atom. The minimum atomic E-state index is 1.43. The highest BCUT2D eigenvalue weighted by atomic mass is 15.4. The van der Waals surface area contributed by atoms with Crippen molar-refractivity contribution < 1.29 is 0 Å². The minimum Gasteiger partial charge on any atom is -0.258 e. The summed E-state index contributed by atoms with van der Waals surface area (Å²) in [6.45, 7) is 0. The highest BCUT2D eigenvalue weighted by Gasteiger charge is 2.03. The van der Waals surface area contributed by atoms with Crippen LogP contribution in [-0.4, -0.2) is 0 Å². The highest BCUT2D eigenvalue weighted by Crippen LogP contribution is 2.29. The van der Waals surface area contributed by atoms with Crippen LogP contribution in [0.1, 0.15) is 0 Å². The van der Waals surface area contributed by atoms with Gasteiger partial charge in [0.2, 0.25) is 0 Å². The van der Waals surface area contributed by atoms with Gasteiger partial charge in [0.15, 0.2) is 0 Å². The highest BCUT2D eigenvalue weighted by molar-refractivity contribution is 5.75. The van der Waals surface area contributed by atoms with E-state index in [0.29, 0.717) is 0 Å². The van der Waals surface area contributed by atoms with Gasteiger partial charge >= 0.3 is 0 Å². The Kier molecular flexibility index (Phi) is 1.79. The monoisotopic (exact) mass is 123 g/mol. The molecular weight excluding hydrogens is 114 g/mol. The van der Waals surface area contributed by atoms with Gasteiger partial charge in [0, 0.05) is 0 Å². The predicted octanol–water partition coefficient (Wildman–Crippen LogP) is -0.00960. The summed E-state index contributed by atoms with van der Waals surface area (Å²) in [5.74, 6) is 8.75. The smallest absolute Gasteiger partial charge is 0.0184 e. The van der Waals surface area contributed by atoms with Gasteiger partial charge in [-0.05, 0) is 11.1 Å². The van der Waals surface area contributed by atoms with Crippen LogP contribution in [0.5, 0.6) is 0 Å². The molecule has 0 heterocycles. The van der Waals surface area contributed by atoms with E-state index < -0.39 is 0 Å². The molecule has 0 saturated carbocycles. The maximum atomic E-state index is 4.38. The minimum absolute atomic E-state index is 1.43. The maximum Gasteiger partial charge on any atom is -0.0184 e. The van der Waals surface area contributed by atoms with Crippen molar-refractivity contribution in [2.24, 2.45) is 11.7 Å². The van der Waals surface area contributed by atoms with E-state index in [0.717, 1.165) is 0 Å². The van der Waals surface area contributed by atoms with Gasteiger partial charge in [0.25, 0.3) is 0 Å². The zero-order chi connectivity index (χ0) is 6.69. The first-order valence-electron chi connectivity index (χ1n) is 2.65. The number of benzene rings is 1. The fraction of sp³-hybridized carbons (Fsp3) is 0.